The minimum Gasteiger partial charge on any atom is -0.320 e. The molecule has 19 heavy (non-hydrogen) atoms. The number of halogens is 3. The molecule has 0 aromatic heterocycles. The van der Waals surface area contributed by atoms with E-state index in [1.54, 1.807) is 13.0 Å². The van der Waals surface area contributed by atoms with E-state index in [2.05, 4.69) is 0 Å². The van der Waals surface area contributed by atoms with E-state index >= 15 is 0 Å². The first-order chi connectivity index (χ1) is 8.90. The summed E-state index contributed by atoms with van der Waals surface area (Å²) < 4.78 is 13.4. The van der Waals surface area contributed by atoms with Gasteiger partial charge in [0.15, 0.2) is 0 Å². The lowest BCUT2D eigenvalue weighted by Gasteiger charge is -2.16. The summed E-state index contributed by atoms with van der Waals surface area (Å²) >= 11 is 12.2. The molecule has 2 aromatic carbocycles. The van der Waals surface area contributed by atoms with Crippen LogP contribution in [-0.2, 0) is 0 Å². The van der Waals surface area contributed by atoms with Gasteiger partial charge in [-0.15, -0.1) is 0 Å². The molecule has 2 aromatic rings. The van der Waals surface area contributed by atoms with E-state index in [-0.39, 0.29) is 5.82 Å². The van der Waals surface area contributed by atoms with Crippen LogP contribution in [0.15, 0.2) is 30.3 Å². The fraction of sp³-hybridized carbons (Fsp3) is 0.200. The molecule has 0 saturated carbocycles. The van der Waals surface area contributed by atoms with Crippen LogP contribution in [0, 0.1) is 19.7 Å². The predicted molar refractivity (Wildman–Crippen MR) is 78.4 cm³/mol. The Hall–Kier alpha value is -1.09. The van der Waals surface area contributed by atoms with E-state index < -0.39 is 6.04 Å². The topological polar surface area (TPSA) is 26.0 Å². The second-order valence-corrected chi connectivity index (χ2v) is 5.42. The Bertz CT molecular complexity index is 626. The van der Waals surface area contributed by atoms with Crippen molar-refractivity contribution in [3.63, 3.8) is 0 Å². The van der Waals surface area contributed by atoms with E-state index in [4.69, 9.17) is 28.9 Å². The average molecular weight is 298 g/mol. The van der Waals surface area contributed by atoms with Crippen LogP contribution in [0.1, 0.15) is 28.3 Å². The van der Waals surface area contributed by atoms with Crippen LogP contribution in [0.4, 0.5) is 4.39 Å². The minimum absolute atomic E-state index is 0.326. The van der Waals surface area contributed by atoms with Gasteiger partial charge in [-0.3, -0.25) is 0 Å². The lowest BCUT2D eigenvalue weighted by molar-refractivity contribution is 0.617. The second-order valence-electron chi connectivity index (χ2n) is 4.61. The van der Waals surface area contributed by atoms with E-state index in [0.29, 0.717) is 21.2 Å². The number of rotatable bonds is 2. The lowest BCUT2D eigenvalue weighted by Crippen LogP contribution is -2.13. The van der Waals surface area contributed by atoms with E-state index in [1.165, 1.54) is 6.07 Å². The van der Waals surface area contributed by atoms with Gasteiger partial charge in [0.05, 0.1) is 6.04 Å². The van der Waals surface area contributed by atoms with Gasteiger partial charge in [0.25, 0.3) is 0 Å². The van der Waals surface area contributed by atoms with Crippen molar-refractivity contribution >= 4 is 23.2 Å². The van der Waals surface area contributed by atoms with Gasteiger partial charge >= 0.3 is 0 Å². The molecule has 1 atom stereocenters. The largest absolute Gasteiger partial charge is 0.320 e. The Morgan fingerprint density at radius 2 is 1.68 bits per heavy atom. The Balaban J connectivity index is 2.46. The summed E-state index contributed by atoms with van der Waals surface area (Å²) in [6.45, 7) is 3.61. The van der Waals surface area contributed by atoms with Crippen molar-refractivity contribution in [1.82, 2.24) is 0 Å². The molecule has 2 N–H and O–H groups in total. The monoisotopic (exact) mass is 297 g/mol. The molecule has 0 amide bonds. The number of aryl methyl sites for hydroxylation is 2. The Morgan fingerprint density at radius 1 is 1.00 bits per heavy atom. The second kappa shape index (κ2) is 5.49. The summed E-state index contributed by atoms with van der Waals surface area (Å²) in [4.78, 5) is 0. The number of benzene rings is 2. The summed E-state index contributed by atoms with van der Waals surface area (Å²) in [5.74, 6) is -0.331. The molecule has 0 aliphatic heterocycles. The van der Waals surface area contributed by atoms with Crippen molar-refractivity contribution in [2.75, 3.05) is 0 Å². The number of hydrogen-bond acceptors (Lipinski definition) is 1. The van der Waals surface area contributed by atoms with E-state index in [1.807, 2.05) is 25.1 Å². The average Bonchev–Trinajstić information content (AvgIpc) is 2.36. The Morgan fingerprint density at radius 3 is 2.32 bits per heavy atom. The zero-order valence-corrected chi connectivity index (χ0v) is 12.2. The summed E-state index contributed by atoms with van der Waals surface area (Å²) in [5.41, 5.74) is 9.24. The van der Waals surface area contributed by atoms with Crippen LogP contribution < -0.4 is 5.73 Å². The maximum absolute atomic E-state index is 13.4. The highest BCUT2D eigenvalue weighted by atomic mass is 35.5. The fourth-order valence-corrected chi connectivity index (χ4v) is 2.36. The summed E-state index contributed by atoms with van der Waals surface area (Å²) in [7, 11) is 0. The lowest BCUT2D eigenvalue weighted by atomic mass is 9.97. The number of hydrogen-bond donors (Lipinski definition) is 1. The molecule has 1 unspecified atom stereocenters. The number of nitrogens with two attached hydrogens (primary N) is 1. The molecule has 0 aliphatic rings. The molecule has 0 bridgehead atoms. The highest BCUT2D eigenvalue weighted by molar-refractivity contribution is 6.32. The smallest absolute Gasteiger partial charge is 0.127 e. The van der Waals surface area contributed by atoms with Gasteiger partial charge in [0.1, 0.15) is 5.82 Å². The highest BCUT2D eigenvalue weighted by Crippen LogP contribution is 2.30. The third kappa shape index (κ3) is 2.92. The quantitative estimate of drug-likeness (QED) is 0.847. The standard InChI is InChI=1S/C15H14Cl2FN/c1-8-3-4-10(6-12(8)16)15(19)11-5-9(2)14(18)7-13(11)17/h3-7,15H,19H2,1-2H3. The van der Waals surface area contributed by atoms with Gasteiger partial charge < -0.3 is 5.73 Å². The molecule has 0 spiro atoms. The summed E-state index contributed by atoms with van der Waals surface area (Å²) in [6, 6.07) is 8.17. The molecular weight excluding hydrogens is 284 g/mol. The zero-order valence-electron chi connectivity index (χ0n) is 10.7. The molecule has 4 heteroatoms. The summed E-state index contributed by atoms with van der Waals surface area (Å²) in [6.07, 6.45) is 0. The first-order valence-electron chi connectivity index (χ1n) is 5.87. The zero-order chi connectivity index (χ0) is 14.2. The first kappa shape index (κ1) is 14.3. The van der Waals surface area contributed by atoms with Crippen molar-refractivity contribution in [3.05, 3.63) is 68.4 Å². The first-order valence-corrected chi connectivity index (χ1v) is 6.63. The SMILES string of the molecule is Cc1cc(C(N)c2ccc(C)c(Cl)c2)c(Cl)cc1F. The van der Waals surface area contributed by atoms with Crippen LogP contribution in [-0.4, -0.2) is 0 Å². The van der Waals surface area contributed by atoms with Gasteiger partial charge in [-0.25, -0.2) is 4.39 Å². The van der Waals surface area contributed by atoms with Crippen molar-refractivity contribution in [2.45, 2.75) is 19.9 Å². The normalized spacial score (nSPS) is 12.5. The van der Waals surface area contributed by atoms with Crippen molar-refractivity contribution in [2.24, 2.45) is 5.73 Å². The third-order valence-electron chi connectivity index (χ3n) is 3.17. The van der Waals surface area contributed by atoms with Crippen LogP contribution >= 0.6 is 23.2 Å². The molecule has 2 rings (SSSR count). The molecule has 1 nitrogen and oxygen atoms in total. The van der Waals surface area contributed by atoms with Crippen molar-refractivity contribution in [3.8, 4) is 0 Å². The van der Waals surface area contributed by atoms with Crippen LogP contribution in [0.5, 0.6) is 0 Å². The molecular formula is C15H14Cl2FN. The van der Waals surface area contributed by atoms with Gasteiger partial charge in [-0.1, -0.05) is 35.3 Å². The minimum atomic E-state index is -0.426. The van der Waals surface area contributed by atoms with Crippen molar-refractivity contribution in [1.29, 1.82) is 0 Å². The molecule has 0 heterocycles. The predicted octanol–water partition coefficient (Wildman–Crippen LogP) is 4.80. The van der Waals surface area contributed by atoms with Crippen LogP contribution in [0.25, 0.3) is 0 Å². The molecule has 0 saturated heterocycles. The molecule has 0 radical (unpaired) electrons. The molecule has 100 valence electrons. The van der Waals surface area contributed by atoms with Gasteiger partial charge in [0.2, 0.25) is 0 Å². The van der Waals surface area contributed by atoms with Crippen molar-refractivity contribution < 1.29 is 4.39 Å². The molecule has 0 fully saturated rings. The molecule has 0 aliphatic carbocycles. The fourth-order valence-electron chi connectivity index (χ4n) is 1.90. The Labute approximate surface area is 122 Å². The van der Waals surface area contributed by atoms with Crippen LogP contribution in [0.3, 0.4) is 0 Å². The van der Waals surface area contributed by atoms with E-state index in [9.17, 15) is 4.39 Å². The summed E-state index contributed by atoms with van der Waals surface area (Å²) in [5, 5.41) is 0.982. The maximum atomic E-state index is 13.4. The van der Waals surface area contributed by atoms with E-state index in [0.717, 1.165) is 11.1 Å². The van der Waals surface area contributed by atoms with Crippen LogP contribution in [0.2, 0.25) is 10.0 Å². The maximum Gasteiger partial charge on any atom is 0.127 e. The third-order valence-corrected chi connectivity index (χ3v) is 3.90. The van der Waals surface area contributed by atoms with Gasteiger partial charge in [-0.05, 0) is 54.3 Å². The van der Waals surface area contributed by atoms with Gasteiger partial charge in [-0.2, -0.15) is 0 Å². The highest BCUT2D eigenvalue weighted by Gasteiger charge is 2.15. The Kier molecular flexibility index (Phi) is 4.14. The van der Waals surface area contributed by atoms with Gasteiger partial charge in [0, 0.05) is 10.0 Å².